The van der Waals surface area contributed by atoms with Gasteiger partial charge in [0.15, 0.2) is 0 Å². The topological polar surface area (TPSA) is 105 Å². The predicted octanol–water partition coefficient (Wildman–Crippen LogP) is 2.32. The minimum absolute atomic E-state index is 0.0634. The molecule has 0 bridgehead atoms. The van der Waals surface area contributed by atoms with Crippen molar-refractivity contribution in [2.45, 2.75) is 57.0 Å². The quantitative estimate of drug-likeness (QED) is 0.518. The molecule has 1 aliphatic heterocycles. The highest BCUT2D eigenvalue weighted by Gasteiger charge is 2.44. The molecular weight excluding hydrogens is 408 g/mol. The number of aliphatic hydroxyl groups excluding tert-OH is 1. The smallest absolute Gasteiger partial charge is 0.315 e. The van der Waals surface area contributed by atoms with Crippen LogP contribution in [-0.4, -0.2) is 65.8 Å². The number of amides is 3. The van der Waals surface area contributed by atoms with Gasteiger partial charge in [0, 0.05) is 19.4 Å². The maximum Gasteiger partial charge on any atom is 0.315 e. The molecular formula is C22H33F2N3O4. The average Bonchev–Trinajstić information content (AvgIpc) is 2.72. The zero-order chi connectivity index (χ0) is 23.1. The van der Waals surface area contributed by atoms with E-state index in [1.54, 1.807) is 37.3 Å². The molecule has 3 amide bonds. The maximum atomic E-state index is 15.1. The molecule has 0 saturated carbocycles. The molecule has 2 rings (SSSR count). The first-order valence-electron chi connectivity index (χ1n) is 10.6. The van der Waals surface area contributed by atoms with Gasteiger partial charge in [0.1, 0.15) is 0 Å². The fourth-order valence-corrected chi connectivity index (χ4v) is 4.04. The summed E-state index contributed by atoms with van der Waals surface area (Å²) in [5, 5.41) is 12.5. The number of nitrogens with one attached hydrogen (secondary N) is 1. The minimum Gasteiger partial charge on any atom is -0.394 e. The van der Waals surface area contributed by atoms with Crippen molar-refractivity contribution in [3.05, 3.63) is 35.9 Å². The fourth-order valence-electron chi connectivity index (χ4n) is 4.04. The van der Waals surface area contributed by atoms with E-state index in [-0.39, 0.29) is 26.4 Å². The van der Waals surface area contributed by atoms with Crippen molar-refractivity contribution in [3.63, 3.8) is 0 Å². The van der Waals surface area contributed by atoms with Gasteiger partial charge in [0.05, 0.1) is 37.3 Å². The average molecular weight is 442 g/mol. The Hall–Kier alpha value is -2.26. The number of primary amides is 1. The van der Waals surface area contributed by atoms with Crippen molar-refractivity contribution < 1.29 is 28.2 Å². The van der Waals surface area contributed by atoms with E-state index in [4.69, 9.17) is 10.5 Å². The van der Waals surface area contributed by atoms with Gasteiger partial charge in [-0.05, 0) is 18.9 Å². The SMILES string of the molecule is CCC[C@@](C)(CO)NC(=O)[C@@H](CC(F)(F)Cc1ccccc1)C1COCCN1C(N)=O. The summed E-state index contributed by atoms with van der Waals surface area (Å²) in [4.78, 5) is 26.4. The highest BCUT2D eigenvalue weighted by atomic mass is 19.3. The van der Waals surface area contributed by atoms with Gasteiger partial charge in [-0.25, -0.2) is 13.6 Å². The van der Waals surface area contributed by atoms with Crippen LogP contribution in [0.4, 0.5) is 13.6 Å². The second kappa shape index (κ2) is 10.9. The number of carbonyl (C=O) groups is 2. The molecule has 0 aromatic heterocycles. The Labute approximate surface area is 181 Å². The summed E-state index contributed by atoms with van der Waals surface area (Å²) in [5.74, 6) is -5.11. The number of aliphatic hydroxyl groups is 1. The molecule has 31 heavy (non-hydrogen) atoms. The van der Waals surface area contributed by atoms with Crippen molar-refractivity contribution >= 4 is 11.9 Å². The highest BCUT2D eigenvalue weighted by Crippen LogP contribution is 2.32. The number of rotatable bonds is 10. The van der Waals surface area contributed by atoms with Gasteiger partial charge in [0.2, 0.25) is 5.91 Å². The van der Waals surface area contributed by atoms with E-state index < -0.39 is 48.2 Å². The molecule has 4 N–H and O–H groups in total. The Morgan fingerprint density at radius 1 is 1.35 bits per heavy atom. The Morgan fingerprint density at radius 3 is 2.61 bits per heavy atom. The van der Waals surface area contributed by atoms with E-state index in [9.17, 15) is 14.7 Å². The van der Waals surface area contributed by atoms with E-state index >= 15 is 8.78 Å². The largest absolute Gasteiger partial charge is 0.394 e. The molecule has 174 valence electrons. The second-order valence-electron chi connectivity index (χ2n) is 8.46. The number of nitrogens with two attached hydrogens (primary N) is 1. The summed E-state index contributed by atoms with van der Waals surface area (Å²) >= 11 is 0. The van der Waals surface area contributed by atoms with Gasteiger partial charge >= 0.3 is 6.03 Å². The van der Waals surface area contributed by atoms with Crippen molar-refractivity contribution in [1.29, 1.82) is 0 Å². The Bertz CT molecular complexity index is 735. The molecule has 1 unspecified atom stereocenters. The Balaban J connectivity index is 2.30. The number of hydrogen-bond donors (Lipinski definition) is 3. The molecule has 1 fully saturated rings. The van der Waals surface area contributed by atoms with Gasteiger partial charge < -0.3 is 25.8 Å². The second-order valence-corrected chi connectivity index (χ2v) is 8.46. The standard InChI is InChI=1S/C22H33F2N3O4/c1-3-9-21(2,15-28)26-19(29)17(18-14-31-11-10-27(18)20(25)30)13-22(23,24)12-16-7-5-4-6-8-16/h4-8,17-18,28H,3,9-15H2,1-2H3,(H2,25,30)(H,26,29)/t17-,18?,21-/m0/s1. The maximum absolute atomic E-state index is 15.1. The number of hydrogen-bond acceptors (Lipinski definition) is 4. The monoisotopic (exact) mass is 441 g/mol. The van der Waals surface area contributed by atoms with E-state index in [0.717, 1.165) is 0 Å². The van der Waals surface area contributed by atoms with Crippen molar-refractivity contribution in [2.75, 3.05) is 26.4 Å². The molecule has 0 radical (unpaired) electrons. The molecule has 9 heteroatoms. The van der Waals surface area contributed by atoms with Crippen LogP contribution in [-0.2, 0) is 16.0 Å². The van der Waals surface area contributed by atoms with Gasteiger partial charge in [-0.15, -0.1) is 0 Å². The van der Waals surface area contributed by atoms with E-state index in [2.05, 4.69) is 5.32 Å². The van der Waals surface area contributed by atoms with Gasteiger partial charge in [-0.1, -0.05) is 43.7 Å². The molecule has 1 aromatic carbocycles. The van der Waals surface area contributed by atoms with E-state index in [1.165, 1.54) is 4.90 Å². The first-order valence-corrected chi connectivity index (χ1v) is 10.6. The van der Waals surface area contributed by atoms with Crippen LogP contribution in [0.3, 0.4) is 0 Å². The lowest BCUT2D eigenvalue weighted by Crippen LogP contribution is -2.60. The summed E-state index contributed by atoms with van der Waals surface area (Å²) in [7, 11) is 0. The zero-order valence-corrected chi connectivity index (χ0v) is 18.2. The zero-order valence-electron chi connectivity index (χ0n) is 18.2. The lowest BCUT2D eigenvalue weighted by molar-refractivity contribution is -0.137. The van der Waals surface area contributed by atoms with Crippen LogP contribution in [0.1, 0.15) is 38.7 Å². The van der Waals surface area contributed by atoms with Crippen LogP contribution >= 0.6 is 0 Å². The molecule has 0 spiro atoms. The first-order chi connectivity index (χ1) is 14.6. The van der Waals surface area contributed by atoms with Gasteiger partial charge in [-0.3, -0.25) is 4.79 Å². The van der Waals surface area contributed by atoms with Crippen molar-refractivity contribution in [3.8, 4) is 0 Å². The van der Waals surface area contributed by atoms with Crippen LogP contribution in [0.15, 0.2) is 30.3 Å². The molecule has 1 aliphatic rings. The molecule has 0 aliphatic carbocycles. The number of morpholine rings is 1. The van der Waals surface area contributed by atoms with Crippen molar-refractivity contribution in [2.24, 2.45) is 11.7 Å². The molecule has 1 heterocycles. The number of urea groups is 1. The molecule has 7 nitrogen and oxygen atoms in total. The Kier molecular flexibility index (Phi) is 8.76. The fraction of sp³-hybridized carbons (Fsp3) is 0.636. The lowest BCUT2D eigenvalue weighted by atomic mass is 9.87. The van der Waals surface area contributed by atoms with E-state index in [0.29, 0.717) is 18.4 Å². The number of halogens is 2. The van der Waals surface area contributed by atoms with Crippen LogP contribution in [0, 0.1) is 5.92 Å². The Morgan fingerprint density at radius 2 is 2.03 bits per heavy atom. The van der Waals surface area contributed by atoms with E-state index in [1.807, 2.05) is 6.92 Å². The third kappa shape index (κ3) is 7.14. The normalized spacial score (nSPS) is 20.0. The third-order valence-electron chi connectivity index (χ3n) is 5.65. The summed E-state index contributed by atoms with van der Waals surface area (Å²) in [6.07, 6.45) is -0.150. The van der Waals surface area contributed by atoms with Crippen LogP contribution in [0.5, 0.6) is 0 Å². The summed E-state index contributed by atoms with van der Waals surface area (Å²) in [6.45, 7) is 3.51. The van der Waals surface area contributed by atoms with Crippen LogP contribution in [0.2, 0.25) is 0 Å². The van der Waals surface area contributed by atoms with Crippen LogP contribution in [0.25, 0.3) is 0 Å². The number of alkyl halides is 2. The summed E-state index contributed by atoms with van der Waals surface area (Å²) in [6, 6.07) is 6.60. The first kappa shape index (κ1) is 25.0. The lowest BCUT2D eigenvalue weighted by Gasteiger charge is -2.41. The molecule has 1 saturated heterocycles. The number of benzene rings is 1. The molecule has 1 aromatic rings. The predicted molar refractivity (Wildman–Crippen MR) is 113 cm³/mol. The number of nitrogens with zero attached hydrogens (tertiary/aromatic N) is 1. The molecule has 3 atom stereocenters. The van der Waals surface area contributed by atoms with Crippen LogP contribution < -0.4 is 11.1 Å². The van der Waals surface area contributed by atoms with Crippen molar-refractivity contribution in [1.82, 2.24) is 10.2 Å². The number of ether oxygens (including phenoxy) is 1. The van der Waals surface area contributed by atoms with Gasteiger partial charge in [0.25, 0.3) is 5.92 Å². The summed E-state index contributed by atoms with van der Waals surface area (Å²) < 4.78 is 35.5. The summed E-state index contributed by atoms with van der Waals surface area (Å²) in [5.41, 5.74) is 4.95. The number of carbonyl (C=O) groups excluding carboxylic acids is 2. The highest BCUT2D eigenvalue weighted by molar-refractivity contribution is 5.81. The third-order valence-corrected chi connectivity index (χ3v) is 5.65. The van der Waals surface area contributed by atoms with Gasteiger partial charge in [-0.2, -0.15) is 0 Å². The minimum atomic E-state index is -3.20.